The lowest BCUT2D eigenvalue weighted by Gasteiger charge is -2.29. The van der Waals surface area contributed by atoms with Crippen LogP contribution in [-0.2, 0) is 10.8 Å². The Morgan fingerprint density at radius 2 is 1.17 bits per heavy atom. The molecule has 2 heterocycles. The van der Waals surface area contributed by atoms with Gasteiger partial charge in [-0.25, -0.2) is 0 Å². The first-order valence-electron chi connectivity index (χ1n) is 7.94. The first-order chi connectivity index (χ1) is 10.8. The summed E-state index contributed by atoms with van der Waals surface area (Å²) in [5.74, 6) is 0.303. The Hall–Kier alpha value is -2.42. The minimum atomic E-state index is -0.206. The summed E-state index contributed by atoms with van der Waals surface area (Å²) < 4.78 is 0. The Kier molecular flexibility index (Phi) is 3.59. The number of aromatic nitrogens is 2. The van der Waals surface area contributed by atoms with Gasteiger partial charge in [0.15, 0.2) is 0 Å². The summed E-state index contributed by atoms with van der Waals surface area (Å²) in [4.78, 5) is 6.59. The quantitative estimate of drug-likeness (QED) is 0.643. The van der Waals surface area contributed by atoms with Crippen molar-refractivity contribution in [1.82, 2.24) is 9.97 Å². The van der Waals surface area contributed by atoms with Crippen molar-refractivity contribution in [3.63, 3.8) is 0 Å². The van der Waals surface area contributed by atoms with E-state index in [4.69, 9.17) is 0 Å². The lowest BCUT2D eigenvalue weighted by Crippen LogP contribution is -2.23. The fourth-order valence-corrected chi connectivity index (χ4v) is 3.08. The van der Waals surface area contributed by atoms with E-state index >= 15 is 0 Å². The second-order valence-electron chi connectivity index (χ2n) is 7.19. The number of H-pyrrole nitrogens is 2. The molecule has 3 nitrogen and oxygen atoms in total. The summed E-state index contributed by atoms with van der Waals surface area (Å²) in [6, 6.07) is 14.1. The highest BCUT2D eigenvalue weighted by atomic mass is 16.3. The minimum absolute atomic E-state index is 0.206. The van der Waals surface area contributed by atoms with Crippen molar-refractivity contribution in [1.29, 1.82) is 0 Å². The van der Waals surface area contributed by atoms with E-state index in [9.17, 15) is 5.11 Å². The summed E-state index contributed by atoms with van der Waals surface area (Å²) in [5.41, 5.74) is 4.04. The Bertz CT molecular complexity index is 717. The molecule has 120 valence electrons. The van der Waals surface area contributed by atoms with E-state index in [-0.39, 0.29) is 10.8 Å². The molecule has 0 saturated heterocycles. The number of benzene rings is 1. The first kappa shape index (κ1) is 15.5. The molecule has 0 aliphatic carbocycles. The third-order valence-corrected chi connectivity index (χ3v) is 4.90. The van der Waals surface area contributed by atoms with Gasteiger partial charge in [0, 0.05) is 34.6 Å². The van der Waals surface area contributed by atoms with Gasteiger partial charge < -0.3 is 15.1 Å². The lowest BCUT2D eigenvalue weighted by molar-refractivity contribution is 0.468. The van der Waals surface area contributed by atoms with Crippen LogP contribution in [0.15, 0.2) is 54.9 Å². The summed E-state index contributed by atoms with van der Waals surface area (Å²) in [7, 11) is 0. The molecule has 0 aliphatic heterocycles. The summed E-state index contributed by atoms with van der Waals surface area (Å²) in [5, 5.41) is 10.3. The van der Waals surface area contributed by atoms with Crippen LogP contribution in [0.4, 0.5) is 0 Å². The topological polar surface area (TPSA) is 51.8 Å². The van der Waals surface area contributed by atoms with Crippen LogP contribution >= 0.6 is 0 Å². The zero-order chi connectivity index (χ0) is 16.7. The van der Waals surface area contributed by atoms with Crippen LogP contribution in [0.25, 0.3) is 0 Å². The van der Waals surface area contributed by atoms with Gasteiger partial charge in [0.05, 0.1) is 0 Å². The Labute approximate surface area is 137 Å². The molecule has 0 radical (unpaired) electrons. The van der Waals surface area contributed by atoms with Gasteiger partial charge in [-0.3, -0.25) is 0 Å². The van der Waals surface area contributed by atoms with E-state index < -0.39 is 0 Å². The van der Waals surface area contributed by atoms with Gasteiger partial charge in [-0.2, -0.15) is 0 Å². The molecule has 0 unspecified atom stereocenters. The maximum atomic E-state index is 10.3. The molecular weight excluding hydrogens is 284 g/mol. The van der Waals surface area contributed by atoms with Crippen molar-refractivity contribution in [3.05, 3.63) is 77.4 Å². The summed E-state index contributed by atoms with van der Waals surface area (Å²) in [6.45, 7) is 8.66. The molecule has 3 rings (SSSR count). The number of aromatic amines is 2. The number of rotatable bonds is 4. The third-order valence-electron chi connectivity index (χ3n) is 4.90. The largest absolute Gasteiger partial charge is 0.508 e. The van der Waals surface area contributed by atoms with Gasteiger partial charge in [-0.1, -0.05) is 33.8 Å². The molecule has 3 heteroatoms. The maximum Gasteiger partial charge on any atom is 0.116 e. The summed E-state index contributed by atoms with van der Waals surface area (Å²) >= 11 is 0. The number of hydrogen-bond acceptors (Lipinski definition) is 1. The maximum absolute atomic E-state index is 10.3. The Morgan fingerprint density at radius 1 is 0.739 bits per heavy atom. The number of hydrogen-bond donors (Lipinski definition) is 3. The number of phenolic OH excluding ortho intramolecular Hbond substituents is 1. The highest BCUT2D eigenvalue weighted by molar-refractivity contribution is 5.46. The molecule has 0 amide bonds. The lowest BCUT2D eigenvalue weighted by atomic mass is 9.76. The van der Waals surface area contributed by atoms with Gasteiger partial charge in [-0.05, 0) is 47.5 Å². The average Bonchev–Trinajstić information content (AvgIpc) is 3.20. The zero-order valence-electron chi connectivity index (χ0n) is 14.1. The van der Waals surface area contributed by atoms with E-state index in [1.165, 1.54) is 0 Å². The summed E-state index contributed by atoms with van der Waals surface area (Å²) in [6.07, 6.45) is 3.87. The van der Waals surface area contributed by atoms with Gasteiger partial charge in [0.2, 0.25) is 0 Å². The standard InChI is InChI=1S/C20H24N2O/c1-19(2,17-7-5-9-21-17)14-11-15(13-16(23)12-14)20(3,4)18-8-6-10-22-18/h5-13,21-23H,1-4H3. The first-order valence-corrected chi connectivity index (χ1v) is 7.94. The second-order valence-corrected chi connectivity index (χ2v) is 7.19. The smallest absolute Gasteiger partial charge is 0.116 e. The van der Waals surface area contributed by atoms with Crippen molar-refractivity contribution in [2.75, 3.05) is 0 Å². The third kappa shape index (κ3) is 2.67. The number of nitrogens with one attached hydrogen (secondary N) is 2. The van der Waals surface area contributed by atoms with Gasteiger partial charge in [-0.15, -0.1) is 0 Å². The molecule has 0 fully saturated rings. The van der Waals surface area contributed by atoms with Crippen molar-refractivity contribution in [3.8, 4) is 5.75 Å². The molecule has 3 N–H and O–H groups in total. The molecule has 0 spiro atoms. The molecule has 0 bridgehead atoms. The molecule has 23 heavy (non-hydrogen) atoms. The SMILES string of the molecule is CC(C)(c1cc(O)cc(C(C)(C)c2ccc[nH]2)c1)c1ccc[nH]1. The predicted molar refractivity (Wildman–Crippen MR) is 93.9 cm³/mol. The normalized spacial score (nSPS) is 12.5. The van der Waals surface area contributed by atoms with Crippen LogP contribution in [0, 0.1) is 0 Å². The van der Waals surface area contributed by atoms with E-state index in [1.807, 2.05) is 36.7 Å². The van der Waals surface area contributed by atoms with Crippen LogP contribution in [0.1, 0.15) is 50.2 Å². The highest BCUT2D eigenvalue weighted by Gasteiger charge is 2.29. The molecule has 0 saturated carbocycles. The van der Waals surface area contributed by atoms with E-state index in [1.54, 1.807) is 0 Å². The van der Waals surface area contributed by atoms with Gasteiger partial charge in [0.1, 0.15) is 5.75 Å². The van der Waals surface area contributed by atoms with Gasteiger partial charge >= 0.3 is 0 Å². The zero-order valence-corrected chi connectivity index (χ0v) is 14.1. The Balaban J connectivity index is 2.10. The second kappa shape index (κ2) is 5.34. The fourth-order valence-electron chi connectivity index (χ4n) is 3.08. The monoisotopic (exact) mass is 308 g/mol. The van der Waals surface area contributed by atoms with Crippen molar-refractivity contribution in [2.45, 2.75) is 38.5 Å². The van der Waals surface area contributed by atoms with E-state index in [2.05, 4.69) is 55.9 Å². The number of aromatic hydroxyl groups is 1. The Morgan fingerprint density at radius 3 is 1.52 bits per heavy atom. The van der Waals surface area contributed by atoms with Crippen LogP contribution in [-0.4, -0.2) is 15.1 Å². The van der Waals surface area contributed by atoms with Crippen LogP contribution in [0.3, 0.4) is 0 Å². The predicted octanol–water partition coefficient (Wildman–Crippen LogP) is 4.70. The van der Waals surface area contributed by atoms with Crippen molar-refractivity contribution in [2.24, 2.45) is 0 Å². The molecule has 3 aromatic rings. The van der Waals surface area contributed by atoms with Crippen molar-refractivity contribution < 1.29 is 5.11 Å². The van der Waals surface area contributed by atoms with Gasteiger partial charge in [0.25, 0.3) is 0 Å². The average molecular weight is 308 g/mol. The number of phenols is 1. The van der Waals surface area contributed by atoms with Crippen LogP contribution < -0.4 is 0 Å². The molecule has 1 aromatic carbocycles. The van der Waals surface area contributed by atoms with Crippen LogP contribution in [0.2, 0.25) is 0 Å². The molecular formula is C20H24N2O. The molecule has 0 aliphatic rings. The van der Waals surface area contributed by atoms with Crippen molar-refractivity contribution >= 4 is 0 Å². The highest BCUT2D eigenvalue weighted by Crippen LogP contribution is 2.38. The molecule has 0 atom stereocenters. The fraction of sp³-hybridized carbons (Fsp3) is 0.300. The van der Waals surface area contributed by atoms with E-state index in [0.29, 0.717) is 5.75 Å². The molecule has 2 aromatic heterocycles. The van der Waals surface area contributed by atoms with Crippen LogP contribution in [0.5, 0.6) is 5.75 Å². The minimum Gasteiger partial charge on any atom is -0.508 e. The van der Waals surface area contributed by atoms with E-state index in [0.717, 1.165) is 22.5 Å².